The van der Waals surface area contributed by atoms with Crippen molar-refractivity contribution in [2.45, 2.75) is 13.5 Å². The first-order valence-electron chi connectivity index (χ1n) is 11.5. The number of nitrogens with zero attached hydrogens (tertiary/aromatic N) is 9. The van der Waals surface area contributed by atoms with E-state index < -0.39 is 0 Å². The van der Waals surface area contributed by atoms with Crippen LogP contribution in [0.4, 0.5) is 11.6 Å². The number of pyridine rings is 1. The predicted molar refractivity (Wildman–Crippen MR) is 132 cm³/mol. The Hall–Kier alpha value is -4.14. The third-order valence-electron chi connectivity index (χ3n) is 6.39. The van der Waals surface area contributed by atoms with Gasteiger partial charge in [-0.05, 0) is 18.6 Å². The first-order chi connectivity index (χ1) is 16.6. The molecule has 0 atom stereocenters. The predicted octanol–water partition coefficient (Wildman–Crippen LogP) is 3.01. The lowest BCUT2D eigenvalue weighted by atomic mass is 10.1. The minimum absolute atomic E-state index is 0.734. The fourth-order valence-electron chi connectivity index (χ4n) is 4.61. The number of rotatable bonds is 5. The number of hydrogen-bond acceptors (Lipinski definition) is 6. The zero-order valence-electron chi connectivity index (χ0n) is 19.4. The Kier molecular flexibility index (Phi) is 5.01. The van der Waals surface area contributed by atoms with Gasteiger partial charge in [0.25, 0.3) is 0 Å². The van der Waals surface area contributed by atoms with Crippen LogP contribution in [0.1, 0.15) is 11.1 Å². The molecule has 1 aromatic carbocycles. The molecule has 1 saturated heterocycles. The van der Waals surface area contributed by atoms with Crippen molar-refractivity contribution in [3.05, 3.63) is 78.6 Å². The van der Waals surface area contributed by atoms with Gasteiger partial charge in [-0.1, -0.05) is 35.9 Å². The molecule has 0 saturated carbocycles. The van der Waals surface area contributed by atoms with Gasteiger partial charge >= 0.3 is 0 Å². The zero-order valence-corrected chi connectivity index (χ0v) is 19.4. The molecule has 5 aromatic rings. The minimum atomic E-state index is 0.734. The minimum Gasteiger partial charge on any atom is -0.365 e. The van der Waals surface area contributed by atoms with Gasteiger partial charge in [-0.2, -0.15) is 10.2 Å². The molecule has 0 N–H and O–H groups in total. The number of aromatic nitrogens is 7. The van der Waals surface area contributed by atoms with Crippen LogP contribution in [0.3, 0.4) is 0 Å². The Morgan fingerprint density at radius 3 is 2.53 bits per heavy atom. The fourth-order valence-corrected chi connectivity index (χ4v) is 4.61. The number of piperazine rings is 1. The number of anilines is 2. The number of benzene rings is 1. The second-order valence-electron chi connectivity index (χ2n) is 8.89. The van der Waals surface area contributed by atoms with E-state index in [2.05, 4.69) is 74.5 Å². The van der Waals surface area contributed by atoms with E-state index >= 15 is 0 Å². The highest BCUT2D eigenvalue weighted by molar-refractivity contribution is 5.75. The third kappa shape index (κ3) is 3.89. The molecule has 4 aromatic heterocycles. The first-order valence-corrected chi connectivity index (χ1v) is 11.5. The Bertz CT molecular complexity index is 1440. The smallest absolute Gasteiger partial charge is 0.244 e. The maximum absolute atomic E-state index is 4.73. The molecule has 0 bridgehead atoms. The largest absolute Gasteiger partial charge is 0.365 e. The molecule has 0 spiro atoms. The van der Waals surface area contributed by atoms with Gasteiger partial charge in [-0.25, -0.2) is 14.2 Å². The van der Waals surface area contributed by atoms with E-state index in [1.165, 1.54) is 11.1 Å². The Morgan fingerprint density at radius 1 is 0.882 bits per heavy atom. The van der Waals surface area contributed by atoms with Crippen LogP contribution in [0.15, 0.2) is 67.5 Å². The van der Waals surface area contributed by atoms with Gasteiger partial charge in [0, 0.05) is 56.7 Å². The van der Waals surface area contributed by atoms with Crippen LogP contribution in [0, 0.1) is 6.92 Å². The summed E-state index contributed by atoms with van der Waals surface area (Å²) in [7, 11) is 1.93. The number of aryl methyl sites for hydroxylation is 2. The number of hydrogen-bond donors (Lipinski definition) is 0. The molecule has 1 aliphatic heterocycles. The van der Waals surface area contributed by atoms with Crippen molar-refractivity contribution in [1.29, 1.82) is 0 Å². The van der Waals surface area contributed by atoms with E-state index in [4.69, 9.17) is 5.10 Å². The van der Waals surface area contributed by atoms with E-state index in [9.17, 15) is 0 Å². The lowest BCUT2D eigenvalue weighted by Crippen LogP contribution is -2.47. The van der Waals surface area contributed by atoms with Crippen LogP contribution in [0.2, 0.25) is 0 Å². The monoisotopic (exact) mass is 453 g/mol. The van der Waals surface area contributed by atoms with Crippen molar-refractivity contribution in [1.82, 2.24) is 34.2 Å². The van der Waals surface area contributed by atoms with Crippen molar-refractivity contribution in [2.75, 3.05) is 36.0 Å². The van der Waals surface area contributed by atoms with Gasteiger partial charge in [0.1, 0.15) is 6.33 Å². The molecule has 5 heterocycles. The summed E-state index contributed by atoms with van der Waals surface area (Å²) < 4.78 is 5.69. The third-order valence-corrected chi connectivity index (χ3v) is 6.39. The maximum Gasteiger partial charge on any atom is 0.244 e. The molecular weight excluding hydrogens is 426 g/mol. The van der Waals surface area contributed by atoms with Gasteiger partial charge in [-0.3, -0.25) is 4.68 Å². The van der Waals surface area contributed by atoms with Gasteiger partial charge in [-0.15, -0.1) is 5.10 Å². The molecule has 0 aliphatic carbocycles. The molecule has 172 valence electrons. The molecule has 34 heavy (non-hydrogen) atoms. The molecule has 6 rings (SSSR count). The zero-order chi connectivity index (χ0) is 23.1. The van der Waals surface area contributed by atoms with E-state index in [1.807, 2.05) is 45.8 Å². The summed E-state index contributed by atoms with van der Waals surface area (Å²) in [5.74, 6) is 0.799. The van der Waals surface area contributed by atoms with E-state index in [0.29, 0.717) is 0 Å². The highest BCUT2D eigenvalue weighted by atomic mass is 15.4. The van der Waals surface area contributed by atoms with Crippen LogP contribution in [0.25, 0.3) is 16.6 Å². The fraction of sp³-hybridized carbons (Fsp3) is 0.280. The van der Waals surface area contributed by atoms with E-state index in [0.717, 1.165) is 61.0 Å². The van der Waals surface area contributed by atoms with Gasteiger partial charge in [0.05, 0.1) is 30.1 Å². The van der Waals surface area contributed by atoms with Gasteiger partial charge in [0.15, 0.2) is 0 Å². The number of fused-ring (bicyclic) bond motifs is 1. The Balaban J connectivity index is 1.13. The summed E-state index contributed by atoms with van der Waals surface area (Å²) in [6.45, 7) is 6.40. The SMILES string of the molecule is Cc1cccc(Cn2cnc(N3CCN(c4cnn5cc(-c6cnn(C)c6)ccc45)CC3)n2)c1. The average molecular weight is 454 g/mol. The summed E-state index contributed by atoms with van der Waals surface area (Å²) in [6, 6.07) is 12.8. The second-order valence-corrected chi connectivity index (χ2v) is 8.89. The normalized spacial score (nSPS) is 14.3. The van der Waals surface area contributed by atoms with Gasteiger partial charge < -0.3 is 9.80 Å². The summed E-state index contributed by atoms with van der Waals surface area (Å²) in [5.41, 5.74) is 6.96. The lowest BCUT2D eigenvalue weighted by molar-refractivity contribution is 0.628. The van der Waals surface area contributed by atoms with Crippen LogP contribution in [0.5, 0.6) is 0 Å². The summed E-state index contributed by atoms with van der Waals surface area (Å²) in [5, 5.41) is 13.6. The standard InChI is InChI=1S/C25H27N9/c1-19-4-3-5-20(12-19)15-33-18-26-25(29-33)32-10-8-31(9-11-32)24-14-28-34-17-21(6-7-23(24)34)22-13-27-30(2)16-22/h3-7,12-14,16-18H,8-11,15H2,1-2H3. The van der Waals surface area contributed by atoms with Crippen LogP contribution in [-0.2, 0) is 13.6 Å². The molecule has 0 amide bonds. The summed E-state index contributed by atoms with van der Waals surface area (Å²) >= 11 is 0. The molecule has 9 heteroatoms. The average Bonchev–Trinajstić information content (AvgIpc) is 3.59. The molecule has 9 nitrogen and oxygen atoms in total. The maximum atomic E-state index is 4.73. The summed E-state index contributed by atoms with van der Waals surface area (Å²) in [4.78, 5) is 9.23. The lowest BCUT2D eigenvalue weighted by Gasteiger charge is -2.35. The van der Waals surface area contributed by atoms with Gasteiger partial charge in [0.2, 0.25) is 5.95 Å². The summed E-state index contributed by atoms with van der Waals surface area (Å²) in [6.07, 6.45) is 9.75. The topological polar surface area (TPSA) is 72.3 Å². The first kappa shape index (κ1) is 20.5. The second kappa shape index (κ2) is 8.33. The van der Waals surface area contributed by atoms with Crippen LogP contribution >= 0.6 is 0 Å². The van der Waals surface area contributed by atoms with Crippen molar-refractivity contribution >= 4 is 17.2 Å². The molecule has 1 aliphatic rings. The Morgan fingerprint density at radius 2 is 1.74 bits per heavy atom. The van der Waals surface area contributed by atoms with Crippen LogP contribution in [-0.4, -0.2) is 60.3 Å². The molecule has 0 unspecified atom stereocenters. The van der Waals surface area contributed by atoms with Crippen molar-refractivity contribution in [3.8, 4) is 11.1 Å². The highest BCUT2D eigenvalue weighted by Crippen LogP contribution is 2.26. The highest BCUT2D eigenvalue weighted by Gasteiger charge is 2.22. The Labute approximate surface area is 197 Å². The molecular formula is C25H27N9. The van der Waals surface area contributed by atoms with Crippen molar-refractivity contribution in [3.63, 3.8) is 0 Å². The van der Waals surface area contributed by atoms with E-state index in [-0.39, 0.29) is 0 Å². The quantitative estimate of drug-likeness (QED) is 0.407. The van der Waals surface area contributed by atoms with Crippen molar-refractivity contribution in [2.24, 2.45) is 7.05 Å². The van der Waals surface area contributed by atoms with Crippen molar-refractivity contribution < 1.29 is 0 Å². The molecule has 0 radical (unpaired) electrons. The molecule has 1 fully saturated rings. The van der Waals surface area contributed by atoms with Crippen LogP contribution < -0.4 is 9.80 Å². The van der Waals surface area contributed by atoms with E-state index in [1.54, 1.807) is 0 Å².